The first kappa shape index (κ1) is 12.8. The number of hydrogen-bond donors (Lipinski definition) is 2. The lowest BCUT2D eigenvalue weighted by Crippen LogP contribution is -2.30. The largest absolute Gasteiger partial charge is 0.497 e. The molecule has 0 aromatic heterocycles. The van der Waals surface area contributed by atoms with E-state index < -0.39 is 0 Å². The molecule has 17 heavy (non-hydrogen) atoms. The molecular formula is C12H15N3O2. The molecule has 0 radical (unpaired) electrons. The molecule has 0 unspecified atom stereocenters. The van der Waals surface area contributed by atoms with Crippen molar-refractivity contribution in [3.8, 4) is 11.8 Å². The Bertz CT molecular complexity index is 412. The highest BCUT2D eigenvalue weighted by Gasteiger charge is 2.00. The van der Waals surface area contributed by atoms with Gasteiger partial charge in [0.1, 0.15) is 5.75 Å². The number of carbonyl (C=O) groups is 1. The van der Waals surface area contributed by atoms with Gasteiger partial charge >= 0.3 is 0 Å². The molecule has 5 heteroatoms. The van der Waals surface area contributed by atoms with Gasteiger partial charge in [-0.05, 0) is 12.1 Å². The predicted octanol–water partition coefficient (Wildman–Crippen LogP) is 1.14. The van der Waals surface area contributed by atoms with Crippen LogP contribution in [0.1, 0.15) is 6.42 Å². The molecule has 0 atom stereocenters. The molecule has 5 nitrogen and oxygen atoms in total. The summed E-state index contributed by atoms with van der Waals surface area (Å²) in [5.74, 6) is 0.600. The maximum absolute atomic E-state index is 11.3. The third-order valence-corrected chi connectivity index (χ3v) is 2.08. The van der Waals surface area contributed by atoms with Gasteiger partial charge in [0, 0.05) is 18.3 Å². The van der Waals surface area contributed by atoms with Crippen molar-refractivity contribution >= 4 is 11.6 Å². The quantitative estimate of drug-likeness (QED) is 0.722. The van der Waals surface area contributed by atoms with Crippen LogP contribution >= 0.6 is 0 Å². The molecule has 0 saturated heterocycles. The SMILES string of the molecule is COc1cccc(NCC(=O)NCCC#N)c1. The maximum atomic E-state index is 11.3. The van der Waals surface area contributed by atoms with Gasteiger partial charge in [-0.25, -0.2) is 0 Å². The normalized spacial score (nSPS) is 9.18. The van der Waals surface area contributed by atoms with Crippen molar-refractivity contribution in [3.63, 3.8) is 0 Å². The van der Waals surface area contributed by atoms with E-state index >= 15 is 0 Å². The molecule has 0 aliphatic carbocycles. The average Bonchev–Trinajstić information content (AvgIpc) is 2.37. The van der Waals surface area contributed by atoms with Gasteiger partial charge < -0.3 is 15.4 Å². The molecule has 1 amide bonds. The Hall–Kier alpha value is -2.22. The summed E-state index contributed by atoms with van der Waals surface area (Å²) in [6, 6.07) is 9.29. The minimum atomic E-state index is -0.136. The van der Waals surface area contributed by atoms with Crippen LogP contribution in [0.3, 0.4) is 0 Å². The fourth-order valence-electron chi connectivity index (χ4n) is 1.24. The van der Waals surface area contributed by atoms with Crippen LogP contribution in [-0.2, 0) is 4.79 Å². The summed E-state index contributed by atoms with van der Waals surface area (Å²) in [7, 11) is 1.59. The van der Waals surface area contributed by atoms with Crippen molar-refractivity contribution in [1.82, 2.24) is 5.32 Å². The Labute approximate surface area is 100 Å². The summed E-state index contributed by atoms with van der Waals surface area (Å²) in [6.45, 7) is 0.563. The Balaban J connectivity index is 2.34. The molecule has 90 valence electrons. The summed E-state index contributed by atoms with van der Waals surface area (Å²) < 4.78 is 5.06. The van der Waals surface area contributed by atoms with Crippen molar-refractivity contribution in [2.24, 2.45) is 0 Å². The van der Waals surface area contributed by atoms with Gasteiger partial charge in [0.05, 0.1) is 26.1 Å². The predicted molar refractivity (Wildman–Crippen MR) is 64.7 cm³/mol. The van der Waals surface area contributed by atoms with Crippen LogP contribution < -0.4 is 15.4 Å². The topological polar surface area (TPSA) is 74.2 Å². The number of anilines is 1. The van der Waals surface area contributed by atoms with Crippen molar-refractivity contribution in [2.75, 3.05) is 25.5 Å². The summed E-state index contributed by atoms with van der Waals surface area (Å²) in [5.41, 5.74) is 0.819. The zero-order chi connectivity index (χ0) is 12.5. The lowest BCUT2D eigenvalue weighted by molar-refractivity contribution is -0.119. The van der Waals surface area contributed by atoms with Gasteiger partial charge in [-0.15, -0.1) is 0 Å². The van der Waals surface area contributed by atoms with Crippen molar-refractivity contribution in [3.05, 3.63) is 24.3 Å². The van der Waals surface area contributed by atoms with Gasteiger partial charge in [-0.3, -0.25) is 4.79 Å². The third-order valence-electron chi connectivity index (χ3n) is 2.08. The molecule has 0 aliphatic heterocycles. The smallest absolute Gasteiger partial charge is 0.239 e. The van der Waals surface area contributed by atoms with E-state index in [4.69, 9.17) is 10.00 Å². The van der Waals surface area contributed by atoms with Crippen LogP contribution in [0.4, 0.5) is 5.69 Å². The van der Waals surface area contributed by atoms with E-state index in [1.54, 1.807) is 7.11 Å². The van der Waals surface area contributed by atoms with Crippen LogP contribution in [0.5, 0.6) is 5.75 Å². The van der Waals surface area contributed by atoms with Crippen LogP contribution in [0.25, 0.3) is 0 Å². The van der Waals surface area contributed by atoms with E-state index in [-0.39, 0.29) is 12.5 Å². The number of rotatable bonds is 6. The molecule has 2 N–H and O–H groups in total. The highest BCUT2D eigenvalue weighted by Crippen LogP contribution is 2.16. The Morgan fingerprint density at radius 3 is 3.06 bits per heavy atom. The van der Waals surface area contributed by atoms with Gasteiger partial charge in [0.2, 0.25) is 5.91 Å². The highest BCUT2D eigenvalue weighted by atomic mass is 16.5. The summed E-state index contributed by atoms with van der Waals surface area (Å²) in [4.78, 5) is 11.3. The number of methoxy groups -OCH3 is 1. The molecule has 0 fully saturated rings. The summed E-state index contributed by atoms with van der Waals surface area (Å²) >= 11 is 0. The lowest BCUT2D eigenvalue weighted by Gasteiger charge is -2.07. The van der Waals surface area contributed by atoms with E-state index in [2.05, 4.69) is 10.6 Å². The molecule has 1 aromatic carbocycles. The fraction of sp³-hybridized carbons (Fsp3) is 0.333. The minimum Gasteiger partial charge on any atom is -0.497 e. The van der Waals surface area contributed by atoms with Crippen LogP contribution in [-0.4, -0.2) is 26.1 Å². The van der Waals surface area contributed by atoms with E-state index in [0.717, 1.165) is 11.4 Å². The van der Waals surface area contributed by atoms with Gasteiger partial charge in [-0.2, -0.15) is 5.26 Å². The highest BCUT2D eigenvalue weighted by molar-refractivity contribution is 5.80. The minimum absolute atomic E-state index is 0.136. The zero-order valence-electron chi connectivity index (χ0n) is 9.69. The van der Waals surface area contributed by atoms with Crippen LogP contribution in [0, 0.1) is 11.3 Å². The molecule has 1 rings (SSSR count). The third kappa shape index (κ3) is 4.89. The van der Waals surface area contributed by atoms with Crippen LogP contribution in [0.2, 0.25) is 0 Å². The second kappa shape index (κ2) is 7.12. The van der Waals surface area contributed by atoms with E-state index in [1.165, 1.54) is 0 Å². The Morgan fingerprint density at radius 2 is 2.35 bits per heavy atom. The standard InChI is InChI=1S/C12H15N3O2/c1-17-11-5-2-4-10(8-11)15-9-12(16)14-7-3-6-13/h2,4-5,8,15H,3,7,9H2,1H3,(H,14,16). The first-order valence-electron chi connectivity index (χ1n) is 5.28. The van der Waals surface area contributed by atoms with Crippen LogP contribution in [0.15, 0.2) is 24.3 Å². The second-order valence-electron chi connectivity index (χ2n) is 3.34. The van der Waals surface area contributed by atoms with Gasteiger partial charge in [0.15, 0.2) is 0 Å². The van der Waals surface area contributed by atoms with E-state index in [1.807, 2.05) is 30.3 Å². The molecule has 0 spiro atoms. The molecule has 0 bridgehead atoms. The van der Waals surface area contributed by atoms with Gasteiger partial charge in [0.25, 0.3) is 0 Å². The molecule has 0 heterocycles. The van der Waals surface area contributed by atoms with E-state index in [9.17, 15) is 4.79 Å². The number of nitrogens with one attached hydrogen (secondary N) is 2. The van der Waals surface area contributed by atoms with E-state index in [0.29, 0.717) is 13.0 Å². The van der Waals surface area contributed by atoms with Crippen molar-refractivity contribution in [2.45, 2.75) is 6.42 Å². The van der Waals surface area contributed by atoms with Crippen molar-refractivity contribution < 1.29 is 9.53 Å². The molecular weight excluding hydrogens is 218 g/mol. The average molecular weight is 233 g/mol. The molecule has 0 aliphatic rings. The lowest BCUT2D eigenvalue weighted by atomic mass is 10.3. The summed E-state index contributed by atoms with van der Waals surface area (Å²) in [5, 5.41) is 13.9. The number of carbonyl (C=O) groups excluding carboxylic acids is 1. The number of nitriles is 1. The first-order chi connectivity index (χ1) is 8.26. The maximum Gasteiger partial charge on any atom is 0.239 e. The number of benzene rings is 1. The monoisotopic (exact) mass is 233 g/mol. The number of amides is 1. The Morgan fingerprint density at radius 1 is 1.53 bits per heavy atom. The number of hydrogen-bond acceptors (Lipinski definition) is 4. The Kier molecular flexibility index (Phi) is 5.38. The number of ether oxygens (including phenoxy) is 1. The molecule has 1 aromatic rings. The molecule has 0 saturated carbocycles. The zero-order valence-corrected chi connectivity index (χ0v) is 9.69. The van der Waals surface area contributed by atoms with Gasteiger partial charge in [-0.1, -0.05) is 6.07 Å². The number of nitrogens with zero attached hydrogens (tertiary/aromatic N) is 1. The van der Waals surface area contributed by atoms with Crippen molar-refractivity contribution in [1.29, 1.82) is 5.26 Å². The summed E-state index contributed by atoms with van der Waals surface area (Å²) in [6.07, 6.45) is 0.324. The fourth-order valence-corrected chi connectivity index (χ4v) is 1.24. The second-order valence-corrected chi connectivity index (χ2v) is 3.34. The first-order valence-corrected chi connectivity index (χ1v) is 5.28.